The van der Waals surface area contributed by atoms with Crippen molar-refractivity contribution in [1.82, 2.24) is 15.3 Å². The van der Waals surface area contributed by atoms with Crippen LogP contribution in [-0.2, 0) is 0 Å². The molecule has 0 saturated carbocycles. The maximum atomic E-state index is 5.25. The predicted octanol–water partition coefficient (Wildman–Crippen LogP) is 1.51. The van der Waals surface area contributed by atoms with Crippen molar-refractivity contribution in [2.24, 2.45) is 0 Å². The van der Waals surface area contributed by atoms with E-state index in [1.54, 1.807) is 20.4 Å². The van der Waals surface area contributed by atoms with E-state index in [1.165, 1.54) is 0 Å². The zero-order valence-corrected chi connectivity index (χ0v) is 11.5. The van der Waals surface area contributed by atoms with Gasteiger partial charge in [0.1, 0.15) is 5.69 Å². The van der Waals surface area contributed by atoms with Crippen LogP contribution in [0.3, 0.4) is 0 Å². The second-order valence-electron chi connectivity index (χ2n) is 3.43. The lowest BCUT2D eigenvalue weighted by Crippen LogP contribution is -2.19. The zero-order chi connectivity index (χ0) is 12.7. The molecule has 17 heavy (non-hydrogen) atoms. The summed E-state index contributed by atoms with van der Waals surface area (Å²) in [7, 11) is 5.07. The molecular formula is C11H19N3O2S. The number of methoxy groups -OCH3 is 2. The monoisotopic (exact) mass is 257 g/mol. The van der Waals surface area contributed by atoms with Crippen LogP contribution in [0, 0.1) is 0 Å². The van der Waals surface area contributed by atoms with E-state index >= 15 is 0 Å². The number of rotatable bonds is 7. The Morgan fingerprint density at radius 3 is 2.71 bits per heavy atom. The van der Waals surface area contributed by atoms with Gasteiger partial charge in [-0.05, 0) is 25.5 Å². The first-order chi connectivity index (χ1) is 8.26. The molecule has 1 rings (SSSR count). The van der Waals surface area contributed by atoms with Crippen LogP contribution in [0.1, 0.15) is 18.2 Å². The number of nitrogens with zero attached hydrogens (tertiary/aromatic N) is 2. The molecule has 0 aromatic carbocycles. The third-order valence-corrected chi connectivity index (χ3v) is 3.08. The Kier molecular flexibility index (Phi) is 6.07. The fraction of sp³-hybridized carbons (Fsp3) is 0.636. The molecule has 0 fully saturated rings. The van der Waals surface area contributed by atoms with E-state index in [0.717, 1.165) is 17.9 Å². The third kappa shape index (κ3) is 3.74. The molecule has 1 unspecified atom stereocenters. The van der Waals surface area contributed by atoms with Crippen molar-refractivity contribution in [3.63, 3.8) is 0 Å². The van der Waals surface area contributed by atoms with Gasteiger partial charge in [-0.25, -0.2) is 4.98 Å². The number of thioether (sulfide) groups is 1. The van der Waals surface area contributed by atoms with Gasteiger partial charge in [0.15, 0.2) is 0 Å². The minimum atomic E-state index is 0.149. The Hall–Kier alpha value is -1.01. The second-order valence-corrected chi connectivity index (χ2v) is 4.42. The fourth-order valence-corrected chi connectivity index (χ4v) is 1.98. The van der Waals surface area contributed by atoms with E-state index in [2.05, 4.69) is 21.5 Å². The smallest absolute Gasteiger partial charge is 0.240 e. The zero-order valence-electron chi connectivity index (χ0n) is 10.7. The highest BCUT2D eigenvalue weighted by Gasteiger charge is 2.17. The second kappa shape index (κ2) is 7.34. The molecule has 1 aromatic heterocycles. The van der Waals surface area contributed by atoms with Crippen LogP contribution < -0.4 is 14.8 Å². The molecule has 5 nitrogen and oxygen atoms in total. The highest BCUT2D eigenvalue weighted by molar-refractivity contribution is 7.98. The van der Waals surface area contributed by atoms with Crippen molar-refractivity contribution in [1.29, 1.82) is 0 Å². The summed E-state index contributed by atoms with van der Waals surface area (Å²) >= 11 is 1.81. The van der Waals surface area contributed by atoms with Gasteiger partial charge in [0.2, 0.25) is 11.8 Å². The van der Waals surface area contributed by atoms with Gasteiger partial charge in [0.05, 0.1) is 26.5 Å². The van der Waals surface area contributed by atoms with E-state index in [1.807, 2.05) is 18.8 Å². The van der Waals surface area contributed by atoms with Crippen molar-refractivity contribution < 1.29 is 9.47 Å². The Bertz CT molecular complexity index is 349. The van der Waals surface area contributed by atoms with Crippen LogP contribution in [0.5, 0.6) is 11.8 Å². The van der Waals surface area contributed by atoms with Gasteiger partial charge in [-0.15, -0.1) is 0 Å². The van der Waals surface area contributed by atoms with Gasteiger partial charge < -0.3 is 14.8 Å². The molecule has 1 N–H and O–H groups in total. The van der Waals surface area contributed by atoms with Crippen LogP contribution in [0.25, 0.3) is 0 Å². The Labute approximate surface area is 106 Å². The summed E-state index contributed by atoms with van der Waals surface area (Å²) < 4.78 is 10.3. The highest BCUT2D eigenvalue weighted by atomic mass is 32.2. The van der Waals surface area contributed by atoms with Crippen LogP contribution in [0.2, 0.25) is 0 Å². The maximum Gasteiger partial charge on any atom is 0.240 e. The van der Waals surface area contributed by atoms with Gasteiger partial charge in [-0.1, -0.05) is 0 Å². The standard InChI is InChI=1S/C11H19N3O2S/c1-12-8(5-6-17-4)10-11(16-3)14-9(15-2)7-13-10/h7-8,12H,5-6H2,1-4H3. The molecule has 0 bridgehead atoms. The molecule has 0 saturated heterocycles. The van der Waals surface area contributed by atoms with Crippen molar-refractivity contribution in [2.45, 2.75) is 12.5 Å². The third-order valence-electron chi connectivity index (χ3n) is 2.44. The molecule has 0 spiro atoms. The Morgan fingerprint density at radius 2 is 2.18 bits per heavy atom. The number of nitrogens with one attached hydrogen (secondary N) is 1. The van der Waals surface area contributed by atoms with Gasteiger partial charge >= 0.3 is 0 Å². The quantitative estimate of drug-likeness (QED) is 0.799. The summed E-state index contributed by atoms with van der Waals surface area (Å²) in [6, 6.07) is 0.149. The molecule has 0 amide bonds. The number of aromatic nitrogens is 2. The van der Waals surface area contributed by atoms with Gasteiger partial charge in [-0.2, -0.15) is 16.7 Å². The summed E-state index contributed by atoms with van der Waals surface area (Å²) in [4.78, 5) is 8.59. The first kappa shape index (κ1) is 14.1. The molecular weight excluding hydrogens is 238 g/mol. The largest absolute Gasteiger partial charge is 0.480 e. The summed E-state index contributed by atoms with van der Waals surface area (Å²) in [5.41, 5.74) is 0.824. The Morgan fingerprint density at radius 1 is 1.41 bits per heavy atom. The van der Waals surface area contributed by atoms with Gasteiger partial charge in [0.25, 0.3) is 0 Å². The summed E-state index contributed by atoms with van der Waals surface area (Å²) in [6.45, 7) is 0. The maximum absolute atomic E-state index is 5.25. The Balaban J connectivity index is 2.93. The topological polar surface area (TPSA) is 56.3 Å². The molecule has 96 valence electrons. The van der Waals surface area contributed by atoms with Gasteiger partial charge in [0, 0.05) is 0 Å². The van der Waals surface area contributed by atoms with Gasteiger partial charge in [-0.3, -0.25) is 0 Å². The molecule has 1 atom stereocenters. The number of ether oxygens (including phenoxy) is 2. The molecule has 0 aliphatic heterocycles. The van der Waals surface area contributed by atoms with Crippen molar-refractivity contribution in [2.75, 3.05) is 33.3 Å². The summed E-state index contributed by atoms with van der Waals surface area (Å²) in [5.74, 6) is 2.04. The molecule has 6 heteroatoms. The lowest BCUT2D eigenvalue weighted by Gasteiger charge is -2.17. The molecule has 0 aliphatic carbocycles. The minimum absolute atomic E-state index is 0.149. The molecule has 0 aliphatic rings. The van der Waals surface area contributed by atoms with Crippen molar-refractivity contribution >= 4 is 11.8 Å². The van der Waals surface area contributed by atoms with Crippen LogP contribution in [0.15, 0.2) is 6.20 Å². The summed E-state index contributed by atoms with van der Waals surface area (Å²) in [5, 5.41) is 3.23. The van der Waals surface area contributed by atoms with Crippen molar-refractivity contribution in [3.8, 4) is 11.8 Å². The van der Waals surface area contributed by atoms with E-state index in [0.29, 0.717) is 11.8 Å². The predicted molar refractivity (Wildman–Crippen MR) is 69.9 cm³/mol. The van der Waals surface area contributed by atoms with E-state index in [-0.39, 0.29) is 6.04 Å². The highest BCUT2D eigenvalue weighted by Crippen LogP contribution is 2.25. The lowest BCUT2D eigenvalue weighted by atomic mass is 10.1. The molecule has 0 radical (unpaired) electrons. The molecule has 1 heterocycles. The first-order valence-corrected chi connectivity index (χ1v) is 6.77. The van der Waals surface area contributed by atoms with E-state index < -0.39 is 0 Å². The number of hydrogen-bond donors (Lipinski definition) is 1. The van der Waals surface area contributed by atoms with Crippen LogP contribution >= 0.6 is 11.8 Å². The van der Waals surface area contributed by atoms with Crippen LogP contribution in [0.4, 0.5) is 0 Å². The average Bonchev–Trinajstić information content (AvgIpc) is 2.39. The summed E-state index contributed by atoms with van der Waals surface area (Å²) in [6.07, 6.45) is 4.68. The van der Waals surface area contributed by atoms with E-state index in [4.69, 9.17) is 9.47 Å². The minimum Gasteiger partial charge on any atom is -0.480 e. The fourth-order valence-electron chi connectivity index (χ4n) is 1.51. The van der Waals surface area contributed by atoms with Crippen molar-refractivity contribution in [3.05, 3.63) is 11.9 Å². The average molecular weight is 257 g/mol. The van der Waals surface area contributed by atoms with E-state index in [9.17, 15) is 0 Å². The van der Waals surface area contributed by atoms with Crippen LogP contribution in [-0.4, -0.2) is 43.2 Å². The first-order valence-electron chi connectivity index (χ1n) is 5.37. The normalized spacial score (nSPS) is 12.2. The number of hydrogen-bond acceptors (Lipinski definition) is 6. The molecule has 1 aromatic rings. The lowest BCUT2D eigenvalue weighted by molar-refractivity contribution is 0.350. The SMILES string of the molecule is CNC(CCSC)c1ncc(OC)nc1OC.